The van der Waals surface area contributed by atoms with Gasteiger partial charge >= 0.3 is 0 Å². The van der Waals surface area contributed by atoms with E-state index in [1.165, 1.54) is 0 Å². The van der Waals surface area contributed by atoms with Gasteiger partial charge < -0.3 is 9.47 Å². The highest BCUT2D eigenvalue weighted by Crippen LogP contribution is 2.42. The van der Waals surface area contributed by atoms with Gasteiger partial charge in [0.15, 0.2) is 11.5 Å². The van der Waals surface area contributed by atoms with Crippen LogP contribution in [0.5, 0.6) is 11.5 Å². The van der Waals surface area contributed by atoms with Crippen LogP contribution in [0.15, 0.2) is 12.1 Å². The van der Waals surface area contributed by atoms with E-state index in [9.17, 15) is 8.78 Å². The molecule has 20 heavy (non-hydrogen) atoms. The Morgan fingerprint density at radius 1 is 0.850 bits per heavy atom. The van der Waals surface area contributed by atoms with Crippen LogP contribution < -0.4 is 9.47 Å². The molecule has 1 aromatic carbocycles. The molecule has 0 amide bonds. The van der Waals surface area contributed by atoms with Gasteiger partial charge in [-0.25, -0.2) is 8.78 Å². The van der Waals surface area contributed by atoms with Crippen LogP contribution in [0, 0.1) is 0 Å². The molecule has 114 valence electrons. The van der Waals surface area contributed by atoms with Crippen LogP contribution in [0.2, 0.25) is 0 Å². The van der Waals surface area contributed by atoms with Gasteiger partial charge in [-0.15, -0.1) is 0 Å². The minimum absolute atomic E-state index is 0.122. The van der Waals surface area contributed by atoms with Gasteiger partial charge in [-0.05, 0) is 22.5 Å². The highest BCUT2D eigenvalue weighted by atomic mass is 19.1. The molecule has 0 saturated heterocycles. The van der Waals surface area contributed by atoms with E-state index in [2.05, 4.69) is 20.8 Å². The maximum Gasteiger partial charge on any atom is 0.228 e. The van der Waals surface area contributed by atoms with E-state index in [4.69, 9.17) is 9.47 Å². The number of hydrogen-bond donors (Lipinski definition) is 0. The van der Waals surface area contributed by atoms with Crippen molar-refractivity contribution < 1.29 is 18.3 Å². The molecule has 0 saturated carbocycles. The van der Waals surface area contributed by atoms with Crippen molar-refractivity contribution >= 4 is 0 Å². The molecule has 0 heterocycles. The van der Waals surface area contributed by atoms with E-state index < -0.39 is 13.7 Å². The monoisotopic (exact) mass is 286 g/mol. The zero-order valence-corrected chi connectivity index (χ0v) is 13.1. The standard InChI is InChI=1S/C16H24F2O2/c1-15(2,3)11-7-12(16(4,5)6)14(20-10-18)13(8-11)19-9-17/h7-8H,9-10H2,1-6H3. The quantitative estimate of drug-likeness (QED) is 0.784. The van der Waals surface area contributed by atoms with E-state index >= 15 is 0 Å². The lowest BCUT2D eigenvalue weighted by molar-refractivity contribution is 0.155. The van der Waals surface area contributed by atoms with Crippen molar-refractivity contribution in [2.75, 3.05) is 13.7 Å². The first kappa shape index (κ1) is 16.7. The third-order valence-corrected chi connectivity index (χ3v) is 3.14. The molecule has 0 aromatic heterocycles. The van der Waals surface area contributed by atoms with Crippen LogP contribution >= 0.6 is 0 Å². The lowest BCUT2D eigenvalue weighted by Crippen LogP contribution is -2.18. The van der Waals surface area contributed by atoms with Crippen molar-refractivity contribution in [1.29, 1.82) is 0 Å². The van der Waals surface area contributed by atoms with E-state index in [1.807, 2.05) is 26.8 Å². The van der Waals surface area contributed by atoms with Crippen molar-refractivity contribution in [2.45, 2.75) is 52.4 Å². The molecule has 0 bridgehead atoms. The van der Waals surface area contributed by atoms with Crippen molar-refractivity contribution in [2.24, 2.45) is 0 Å². The Balaban J connectivity index is 3.55. The summed E-state index contributed by atoms with van der Waals surface area (Å²) >= 11 is 0. The molecule has 0 fully saturated rings. The van der Waals surface area contributed by atoms with Crippen LogP contribution in [0.25, 0.3) is 0 Å². The Morgan fingerprint density at radius 3 is 1.80 bits per heavy atom. The summed E-state index contributed by atoms with van der Waals surface area (Å²) < 4.78 is 35.3. The maximum absolute atomic E-state index is 12.6. The Hall–Kier alpha value is -1.32. The summed E-state index contributed by atoms with van der Waals surface area (Å²) in [7, 11) is 0. The average Bonchev–Trinajstić information content (AvgIpc) is 2.28. The van der Waals surface area contributed by atoms with Crippen LogP contribution in [-0.4, -0.2) is 13.7 Å². The van der Waals surface area contributed by atoms with Crippen molar-refractivity contribution in [3.05, 3.63) is 23.3 Å². The molecule has 2 nitrogen and oxygen atoms in total. The largest absolute Gasteiger partial charge is 0.459 e. The lowest BCUT2D eigenvalue weighted by Gasteiger charge is -2.28. The smallest absolute Gasteiger partial charge is 0.228 e. The number of rotatable bonds is 4. The molecular weight excluding hydrogens is 262 g/mol. The normalized spacial score (nSPS) is 12.4. The first-order chi connectivity index (χ1) is 9.11. The zero-order chi connectivity index (χ0) is 15.6. The molecule has 0 aliphatic carbocycles. The summed E-state index contributed by atoms with van der Waals surface area (Å²) in [5.74, 6) is 0.535. The Kier molecular flexibility index (Phi) is 5.00. The lowest BCUT2D eigenvalue weighted by atomic mass is 9.80. The molecule has 0 aliphatic rings. The predicted molar refractivity (Wildman–Crippen MR) is 77.0 cm³/mol. The fraction of sp³-hybridized carbons (Fsp3) is 0.625. The summed E-state index contributed by atoms with van der Waals surface area (Å²) in [4.78, 5) is 0. The van der Waals surface area contributed by atoms with Gasteiger partial charge in [-0.3, -0.25) is 0 Å². The molecule has 0 atom stereocenters. The number of alkyl halides is 2. The number of hydrogen-bond acceptors (Lipinski definition) is 2. The first-order valence-corrected chi connectivity index (χ1v) is 6.67. The van der Waals surface area contributed by atoms with Gasteiger partial charge in [0.05, 0.1) is 0 Å². The van der Waals surface area contributed by atoms with Gasteiger partial charge in [0.1, 0.15) is 0 Å². The topological polar surface area (TPSA) is 18.5 Å². The Labute approximate surface area is 120 Å². The molecule has 1 aromatic rings. The minimum Gasteiger partial charge on any atom is -0.459 e. The molecule has 0 radical (unpaired) electrons. The summed E-state index contributed by atoms with van der Waals surface area (Å²) in [6.07, 6.45) is 0. The average molecular weight is 286 g/mol. The molecule has 0 spiro atoms. The van der Waals surface area contributed by atoms with Crippen molar-refractivity contribution in [3.63, 3.8) is 0 Å². The van der Waals surface area contributed by atoms with Gasteiger partial charge in [-0.1, -0.05) is 47.6 Å². The van der Waals surface area contributed by atoms with Gasteiger partial charge in [0, 0.05) is 5.56 Å². The van der Waals surface area contributed by atoms with Crippen LogP contribution in [-0.2, 0) is 10.8 Å². The zero-order valence-electron chi connectivity index (χ0n) is 13.1. The second-order valence-electron chi connectivity index (χ2n) is 6.86. The second-order valence-corrected chi connectivity index (χ2v) is 6.86. The van der Waals surface area contributed by atoms with Crippen LogP contribution in [0.4, 0.5) is 8.78 Å². The maximum atomic E-state index is 12.6. The van der Waals surface area contributed by atoms with E-state index in [0.717, 1.165) is 11.1 Å². The predicted octanol–water partition coefficient (Wildman–Crippen LogP) is 4.89. The second kappa shape index (κ2) is 5.98. The molecule has 4 heteroatoms. The molecule has 1 rings (SSSR count). The van der Waals surface area contributed by atoms with Crippen molar-refractivity contribution in [1.82, 2.24) is 0 Å². The third-order valence-electron chi connectivity index (χ3n) is 3.14. The molecule has 0 unspecified atom stereocenters. The van der Waals surface area contributed by atoms with E-state index in [-0.39, 0.29) is 22.3 Å². The third kappa shape index (κ3) is 3.84. The van der Waals surface area contributed by atoms with Crippen LogP contribution in [0.1, 0.15) is 52.7 Å². The molecule has 0 aliphatic heterocycles. The highest BCUT2D eigenvalue weighted by Gasteiger charge is 2.26. The number of ether oxygens (including phenoxy) is 2. The molecule has 0 N–H and O–H groups in total. The summed E-state index contributed by atoms with van der Waals surface area (Å²) in [6, 6.07) is 3.70. The fourth-order valence-electron chi connectivity index (χ4n) is 1.96. The van der Waals surface area contributed by atoms with E-state index in [1.54, 1.807) is 6.07 Å². The summed E-state index contributed by atoms with van der Waals surface area (Å²) in [5.41, 5.74) is 1.42. The SMILES string of the molecule is CC(C)(C)c1cc(OCF)c(OCF)c(C(C)(C)C)c1. The number of halogens is 2. The van der Waals surface area contributed by atoms with Gasteiger partial charge in [-0.2, -0.15) is 0 Å². The summed E-state index contributed by atoms with van der Waals surface area (Å²) in [5, 5.41) is 0. The Bertz CT molecular complexity index is 457. The fourth-order valence-corrected chi connectivity index (χ4v) is 1.96. The number of benzene rings is 1. The minimum atomic E-state index is -0.972. The van der Waals surface area contributed by atoms with Crippen molar-refractivity contribution in [3.8, 4) is 11.5 Å². The first-order valence-electron chi connectivity index (χ1n) is 6.67. The van der Waals surface area contributed by atoms with E-state index in [0.29, 0.717) is 0 Å². The highest BCUT2D eigenvalue weighted by molar-refractivity contribution is 5.53. The summed E-state index contributed by atoms with van der Waals surface area (Å²) in [6.45, 7) is 10.2. The van der Waals surface area contributed by atoms with Gasteiger partial charge in [0.2, 0.25) is 13.7 Å². The molecular formula is C16H24F2O2. The van der Waals surface area contributed by atoms with Crippen LogP contribution in [0.3, 0.4) is 0 Å². The van der Waals surface area contributed by atoms with Gasteiger partial charge in [0.25, 0.3) is 0 Å². The Morgan fingerprint density at radius 2 is 1.40 bits per heavy atom.